The first-order chi connectivity index (χ1) is 11.5. The molecule has 0 aliphatic heterocycles. The van der Waals surface area contributed by atoms with Gasteiger partial charge in [0, 0.05) is 23.0 Å². The van der Waals surface area contributed by atoms with Gasteiger partial charge in [-0.2, -0.15) is 13.2 Å². The summed E-state index contributed by atoms with van der Waals surface area (Å²) in [5, 5.41) is 27.8. The number of alkyl halides is 3. The fourth-order valence-electron chi connectivity index (χ4n) is 1.89. The van der Waals surface area contributed by atoms with Gasteiger partial charge in [0.25, 0.3) is 0 Å². The van der Waals surface area contributed by atoms with E-state index in [-0.39, 0.29) is 23.2 Å². The molecular formula is C15H13F3N2O5. The van der Waals surface area contributed by atoms with Crippen LogP contribution in [0.3, 0.4) is 0 Å². The quantitative estimate of drug-likeness (QED) is 0.367. The number of aromatic hydroxyl groups is 2. The normalized spacial score (nSPS) is 10.6. The zero-order chi connectivity index (χ0) is 19.4. The SMILES string of the molecule is Cc1cc(C(F)(F)F)c(C=O)c(C)n1.O=[N+]([O-])c1cccc(O)c1O. The zero-order valence-corrected chi connectivity index (χ0v) is 13.0. The topological polar surface area (TPSA) is 114 Å². The van der Waals surface area contributed by atoms with Crippen molar-refractivity contribution in [3.05, 3.63) is 56.9 Å². The van der Waals surface area contributed by atoms with Crippen molar-refractivity contribution in [2.45, 2.75) is 20.0 Å². The summed E-state index contributed by atoms with van der Waals surface area (Å²) in [7, 11) is 0. The number of rotatable bonds is 2. The molecule has 0 amide bonds. The highest BCUT2D eigenvalue weighted by Crippen LogP contribution is 2.34. The number of hydrogen-bond donors (Lipinski definition) is 2. The van der Waals surface area contributed by atoms with Gasteiger partial charge in [-0.3, -0.25) is 19.9 Å². The highest BCUT2D eigenvalue weighted by Gasteiger charge is 2.34. The van der Waals surface area contributed by atoms with Gasteiger partial charge in [-0.25, -0.2) is 0 Å². The lowest BCUT2D eigenvalue weighted by Crippen LogP contribution is -2.12. The Morgan fingerprint density at radius 2 is 1.84 bits per heavy atom. The summed E-state index contributed by atoms with van der Waals surface area (Å²) < 4.78 is 37.2. The molecule has 0 aliphatic carbocycles. The van der Waals surface area contributed by atoms with Gasteiger partial charge in [-0.15, -0.1) is 0 Å². The summed E-state index contributed by atoms with van der Waals surface area (Å²) >= 11 is 0. The third-order valence-corrected chi connectivity index (χ3v) is 2.99. The van der Waals surface area contributed by atoms with Crippen LogP contribution in [-0.2, 0) is 6.18 Å². The second kappa shape index (κ2) is 7.60. The molecule has 2 N–H and O–H groups in total. The fraction of sp³-hybridized carbons (Fsp3) is 0.200. The lowest BCUT2D eigenvalue weighted by Gasteiger charge is -2.11. The summed E-state index contributed by atoms with van der Waals surface area (Å²) in [4.78, 5) is 23.6. The van der Waals surface area contributed by atoms with Crippen LogP contribution in [0.4, 0.5) is 18.9 Å². The van der Waals surface area contributed by atoms with Crippen molar-refractivity contribution in [2.75, 3.05) is 0 Å². The van der Waals surface area contributed by atoms with Crippen LogP contribution >= 0.6 is 0 Å². The molecule has 2 rings (SSSR count). The van der Waals surface area contributed by atoms with Crippen molar-refractivity contribution in [1.82, 2.24) is 4.98 Å². The van der Waals surface area contributed by atoms with Crippen LogP contribution in [0.25, 0.3) is 0 Å². The van der Waals surface area contributed by atoms with E-state index in [1.54, 1.807) is 0 Å². The molecule has 134 valence electrons. The van der Waals surface area contributed by atoms with Crippen LogP contribution in [-0.4, -0.2) is 26.4 Å². The molecule has 10 heteroatoms. The Morgan fingerprint density at radius 1 is 1.24 bits per heavy atom. The van der Waals surface area contributed by atoms with E-state index in [1.807, 2.05) is 0 Å². The highest BCUT2D eigenvalue weighted by atomic mass is 19.4. The molecule has 0 fully saturated rings. The smallest absolute Gasteiger partial charge is 0.417 e. The molecule has 0 aliphatic rings. The Morgan fingerprint density at radius 3 is 2.28 bits per heavy atom. The van der Waals surface area contributed by atoms with Crippen LogP contribution in [0.15, 0.2) is 24.3 Å². The number of carbonyl (C=O) groups excluding carboxylic acids is 1. The number of pyridine rings is 1. The number of aldehydes is 1. The second-order valence-corrected chi connectivity index (χ2v) is 4.83. The number of nitro benzene ring substituents is 1. The van der Waals surface area contributed by atoms with E-state index in [4.69, 9.17) is 10.2 Å². The Kier molecular flexibility index (Phi) is 6.04. The fourth-order valence-corrected chi connectivity index (χ4v) is 1.89. The number of phenols is 2. The van der Waals surface area contributed by atoms with E-state index in [2.05, 4.69) is 4.98 Å². The number of carbonyl (C=O) groups is 1. The highest BCUT2D eigenvalue weighted by molar-refractivity contribution is 5.79. The molecule has 0 bridgehead atoms. The maximum Gasteiger partial charge on any atom is 0.417 e. The molecule has 0 unspecified atom stereocenters. The summed E-state index contributed by atoms with van der Waals surface area (Å²) in [6.07, 6.45) is -4.32. The van der Waals surface area contributed by atoms with Crippen molar-refractivity contribution < 1.29 is 33.1 Å². The van der Waals surface area contributed by atoms with Gasteiger partial charge < -0.3 is 10.2 Å². The van der Waals surface area contributed by atoms with Crippen molar-refractivity contribution in [3.8, 4) is 11.5 Å². The Labute approximate surface area is 139 Å². The minimum atomic E-state index is -4.51. The van der Waals surface area contributed by atoms with Gasteiger partial charge in [0.1, 0.15) is 0 Å². The molecule has 0 atom stereocenters. The van der Waals surface area contributed by atoms with Gasteiger partial charge in [-0.1, -0.05) is 6.07 Å². The average Bonchev–Trinajstić information content (AvgIpc) is 2.49. The molecule has 2 aromatic rings. The number of halogens is 3. The van der Waals surface area contributed by atoms with Gasteiger partial charge in [-0.05, 0) is 26.0 Å². The molecule has 0 saturated heterocycles. The molecule has 0 radical (unpaired) electrons. The number of benzene rings is 1. The van der Waals surface area contributed by atoms with E-state index in [0.29, 0.717) is 0 Å². The summed E-state index contributed by atoms with van der Waals surface area (Å²) in [5.74, 6) is -1.18. The van der Waals surface area contributed by atoms with Gasteiger partial charge in [0.2, 0.25) is 5.75 Å². The number of nitrogens with zero attached hydrogens (tertiary/aromatic N) is 2. The number of aromatic nitrogens is 1. The van der Waals surface area contributed by atoms with Crippen LogP contribution in [0, 0.1) is 24.0 Å². The number of para-hydroxylation sites is 1. The summed E-state index contributed by atoms with van der Waals surface area (Å²) in [6.45, 7) is 2.84. The first kappa shape index (κ1) is 19.9. The minimum Gasteiger partial charge on any atom is -0.504 e. The molecular weight excluding hydrogens is 345 g/mol. The second-order valence-electron chi connectivity index (χ2n) is 4.83. The first-order valence-electron chi connectivity index (χ1n) is 6.65. The number of phenolic OH excluding ortho intramolecular Hbond substituents is 2. The third kappa shape index (κ3) is 4.90. The maximum absolute atomic E-state index is 12.4. The van der Waals surface area contributed by atoms with Crippen molar-refractivity contribution >= 4 is 12.0 Å². The predicted molar refractivity (Wildman–Crippen MR) is 80.5 cm³/mol. The largest absolute Gasteiger partial charge is 0.504 e. The average molecular weight is 358 g/mol. The van der Waals surface area contributed by atoms with Crippen molar-refractivity contribution in [1.29, 1.82) is 0 Å². The zero-order valence-electron chi connectivity index (χ0n) is 13.0. The molecule has 0 spiro atoms. The van der Waals surface area contributed by atoms with E-state index in [1.165, 1.54) is 26.0 Å². The molecule has 0 saturated carbocycles. The lowest BCUT2D eigenvalue weighted by atomic mass is 10.1. The summed E-state index contributed by atoms with van der Waals surface area (Å²) in [5.41, 5.74) is -1.45. The van der Waals surface area contributed by atoms with Crippen LogP contribution in [0.1, 0.15) is 27.3 Å². The predicted octanol–water partition coefficient (Wildman–Crippen LogP) is 3.54. The van der Waals surface area contributed by atoms with Crippen LogP contribution < -0.4 is 0 Å². The standard InChI is InChI=1S/C9H8F3NO.C6H5NO4/c1-5-3-8(9(10,11)12)7(4-14)6(2)13-5;8-5-3-1-2-4(6(5)9)7(10)11/h3-4H,1-2H3;1-3,8-9H. The van der Waals surface area contributed by atoms with E-state index in [0.717, 1.165) is 12.1 Å². The third-order valence-electron chi connectivity index (χ3n) is 2.99. The van der Waals surface area contributed by atoms with Crippen LogP contribution in [0.5, 0.6) is 11.5 Å². The van der Waals surface area contributed by atoms with Crippen molar-refractivity contribution in [3.63, 3.8) is 0 Å². The number of nitro groups is 1. The molecule has 1 aromatic heterocycles. The Balaban J connectivity index is 0.000000257. The summed E-state index contributed by atoms with van der Waals surface area (Å²) in [6, 6.07) is 4.43. The van der Waals surface area contributed by atoms with Gasteiger partial charge in [0.05, 0.1) is 10.5 Å². The van der Waals surface area contributed by atoms with Gasteiger partial charge in [0.15, 0.2) is 12.0 Å². The molecule has 25 heavy (non-hydrogen) atoms. The Hall–Kier alpha value is -3.17. The number of aryl methyl sites for hydroxylation is 2. The number of hydrogen-bond acceptors (Lipinski definition) is 6. The monoisotopic (exact) mass is 358 g/mol. The molecule has 1 aromatic carbocycles. The minimum absolute atomic E-state index is 0.104. The van der Waals surface area contributed by atoms with Gasteiger partial charge >= 0.3 is 11.9 Å². The maximum atomic E-state index is 12.4. The lowest BCUT2D eigenvalue weighted by molar-refractivity contribution is -0.386. The first-order valence-corrected chi connectivity index (χ1v) is 6.65. The molecule has 1 heterocycles. The van der Waals surface area contributed by atoms with E-state index in [9.17, 15) is 28.1 Å². The van der Waals surface area contributed by atoms with Crippen LogP contribution in [0.2, 0.25) is 0 Å². The van der Waals surface area contributed by atoms with E-state index >= 15 is 0 Å². The van der Waals surface area contributed by atoms with E-state index < -0.39 is 33.8 Å². The Bertz CT molecular complexity index is 806. The van der Waals surface area contributed by atoms with Crippen molar-refractivity contribution in [2.24, 2.45) is 0 Å². The molecule has 7 nitrogen and oxygen atoms in total.